The van der Waals surface area contributed by atoms with Gasteiger partial charge in [0.25, 0.3) is 5.91 Å². The summed E-state index contributed by atoms with van der Waals surface area (Å²) in [6, 6.07) is 15.5. The topological polar surface area (TPSA) is 41.6 Å². The minimum atomic E-state index is -0.166. The van der Waals surface area contributed by atoms with Crippen molar-refractivity contribution < 1.29 is 9.53 Å². The van der Waals surface area contributed by atoms with Gasteiger partial charge in [0.15, 0.2) is 6.61 Å². The molecule has 0 spiro atoms. The van der Waals surface area contributed by atoms with E-state index < -0.39 is 0 Å². The highest BCUT2D eigenvalue weighted by Crippen LogP contribution is 2.22. The average Bonchev–Trinajstić information content (AvgIpc) is 3.13. The summed E-state index contributed by atoms with van der Waals surface area (Å²) in [5, 5.41) is 3.37. The van der Waals surface area contributed by atoms with Crippen LogP contribution < -0.4 is 10.1 Å². The van der Waals surface area contributed by atoms with Crippen molar-refractivity contribution >= 4 is 17.5 Å². The lowest BCUT2D eigenvalue weighted by atomic mass is 10.1. The summed E-state index contributed by atoms with van der Waals surface area (Å²) < 4.78 is 5.43. The van der Waals surface area contributed by atoms with Crippen LogP contribution in [0, 0.1) is 0 Å². The number of amides is 1. The molecular formula is C20H23ClN2O2. The van der Waals surface area contributed by atoms with E-state index in [1.165, 1.54) is 31.5 Å². The number of para-hydroxylation sites is 1. The fourth-order valence-corrected chi connectivity index (χ4v) is 3.11. The molecule has 5 heteroatoms. The molecule has 1 fully saturated rings. The normalized spacial score (nSPS) is 14.4. The van der Waals surface area contributed by atoms with Crippen molar-refractivity contribution in [1.82, 2.24) is 10.2 Å². The second kappa shape index (κ2) is 8.88. The SMILES string of the molecule is O=C(COc1ccccc1Cl)NCc1ccc(CN2CCCC2)cc1. The summed E-state index contributed by atoms with van der Waals surface area (Å²) in [4.78, 5) is 14.4. The molecular weight excluding hydrogens is 336 g/mol. The van der Waals surface area contributed by atoms with Crippen LogP contribution in [0.2, 0.25) is 5.02 Å². The Kier molecular flexibility index (Phi) is 6.31. The lowest BCUT2D eigenvalue weighted by Crippen LogP contribution is -2.28. The van der Waals surface area contributed by atoms with E-state index in [0.717, 1.165) is 12.1 Å². The zero-order valence-corrected chi connectivity index (χ0v) is 15.0. The van der Waals surface area contributed by atoms with Gasteiger partial charge in [0.05, 0.1) is 5.02 Å². The fourth-order valence-electron chi connectivity index (χ4n) is 2.92. The molecule has 1 heterocycles. The van der Waals surface area contributed by atoms with Crippen LogP contribution in [0.15, 0.2) is 48.5 Å². The number of rotatable bonds is 7. The van der Waals surface area contributed by atoms with Crippen molar-refractivity contribution in [1.29, 1.82) is 0 Å². The van der Waals surface area contributed by atoms with E-state index in [1.54, 1.807) is 12.1 Å². The van der Waals surface area contributed by atoms with Gasteiger partial charge < -0.3 is 10.1 Å². The summed E-state index contributed by atoms with van der Waals surface area (Å²) in [6.07, 6.45) is 2.61. The predicted octanol–water partition coefficient (Wildman–Crippen LogP) is 3.63. The molecule has 1 amide bonds. The molecule has 132 valence electrons. The van der Waals surface area contributed by atoms with Crippen LogP contribution in [0.4, 0.5) is 0 Å². The van der Waals surface area contributed by atoms with Crippen molar-refractivity contribution in [3.05, 3.63) is 64.7 Å². The van der Waals surface area contributed by atoms with E-state index in [0.29, 0.717) is 17.3 Å². The molecule has 1 saturated heterocycles. The number of nitrogens with zero attached hydrogens (tertiary/aromatic N) is 1. The zero-order chi connectivity index (χ0) is 17.5. The first-order valence-electron chi connectivity index (χ1n) is 8.65. The van der Waals surface area contributed by atoms with E-state index >= 15 is 0 Å². The van der Waals surface area contributed by atoms with Crippen LogP contribution in [0.3, 0.4) is 0 Å². The molecule has 0 saturated carbocycles. The summed E-state index contributed by atoms with van der Waals surface area (Å²) in [5.74, 6) is 0.353. The van der Waals surface area contributed by atoms with Crippen molar-refractivity contribution in [2.45, 2.75) is 25.9 Å². The molecule has 0 bridgehead atoms. The molecule has 25 heavy (non-hydrogen) atoms. The lowest BCUT2D eigenvalue weighted by Gasteiger charge is -2.14. The van der Waals surface area contributed by atoms with Crippen molar-refractivity contribution in [3.63, 3.8) is 0 Å². The Hall–Kier alpha value is -2.04. The van der Waals surface area contributed by atoms with Crippen LogP contribution >= 0.6 is 11.6 Å². The highest BCUT2D eigenvalue weighted by atomic mass is 35.5. The van der Waals surface area contributed by atoms with E-state index in [2.05, 4.69) is 34.5 Å². The molecule has 0 aromatic heterocycles. The first-order chi connectivity index (χ1) is 12.2. The van der Waals surface area contributed by atoms with Gasteiger partial charge in [0, 0.05) is 13.1 Å². The van der Waals surface area contributed by atoms with Crippen LogP contribution in [0.5, 0.6) is 5.75 Å². The van der Waals surface area contributed by atoms with Gasteiger partial charge in [-0.1, -0.05) is 48.0 Å². The quantitative estimate of drug-likeness (QED) is 0.821. The number of likely N-dealkylation sites (tertiary alicyclic amines) is 1. The zero-order valence-electron chi connectivity index (χ0n) is 14.2. The Morgan fingerprint density at radius 2 is 1.72 bits per heavy atom. The Morgan fingerprint density at radius 1 is 1.04 bits per heavy atom. The number of carbonyl (C=O) groups is 1. The summed E-state index contributed by atoms with van der Waals surface area (Å²) in [7, 11) is 0. The van der Waals surface area contributed by atoms with Crippen LogP contribution in [0.1, 0.15) is 24.0 Å². The molecule has 0 radical (unpaired) electrons. The van der Waals surface area contributed by atoms with Crippen molar-refractivity contribution in [2.75, 3.05) is 19.7 Å². The third-order valence-corrected chi connectivity index (χ3v) is 4.63. The minimum Gasteiger partial charge on any atom is -0.482 e. The third kappa shape index (κ3) is 5.48. The highest BCUT2D eigenvalue weighted by molar-refractivity contribution is 6.32. The Balaban J connectivity index is 1.41. The van der Waals surface area contributed by atoms with Crippen LogP contribution in [-0.2, 0) is 17.9 Å². The molecule has 1 N–H and O–H groups in total. The van der Waals surface area contributed by atoms with Gasteiger partial charge in [0.1, 0.15) is 5.75 Å². The fraction of sp³-hybridized carbons (Fsp3) is 0.350. The molecule has 1 aliphatic rings. The maximum atomic E-state index is 11.9. The predicted molar refractivity (Wildman–Crippen MR) is 99.7 cm³/mol. The van der Waals surface area contributed by atoms with E-state index in [4.69, 9.17) is 16.3 Å². The van der Waals surface area contributed by atoms with Gasteiger partial charge in [-0.2, -0.15) is 0 Å². The number of halogens is 1. The summed E-state index contributed by atoms with van der Waals surface area (Å²) in [5.41, 5.74) is 2.40. The smallest absolute Gasteiger partial charge is 0.258 e. The third-order valence-electron chi connectivity index (χ3n) is 4.31. The molecule has 3 rings (SSSR count). The Morgan fingerprint density at radius 3 is 2.44 bits per heavy atom. The van der Waals surface area contributed by atoms with Crippen molar-refractivity contribution in [2.24, 2.45) is 0 Å². The second-order valence-electron chi connectivity index (χ2n) is 6.30. The molecule has 0 unspecified atom stereocenters. The Labute approximate surface area is 153 Å². The number of carbonyl (C=O) groups excluding carboxylic acids is 1. The van der Waals surface area contributed by atoms with Gasteiger partial charge in [-0.25, -0.2) is 0 Å². The lowest BCUT2D eigenvalue weighted by molar-refractivity contribution is -0.123. The number of nitrogens with one attached hydrogen (secondary N) is 1. The largest absolute Gasteiger partial charge is 0.482 e. The molecule has 2 aromatic carbocycles. The maximum Gasteiger partial charge on any atom is 0.258 e. The number of hydrogen-bond acceptors (Lipinski definition) is 3. The highest BCUT2D eigenvalue weighted by Gasteiger charge is 2.11. The summed E-state index contributed by atoms with van der Waals surface area (Å²) in [6.45, 7) is 3.86. The average molecular weight is 359 g/mol. The van der Waals surface area contributed by atoms with Crippen molar-refractivity contribution in [3.8, 4) is 5.75 Å². The van der Waals surface area contributed by atoms with E-state index in [9.17, 15) is 4.79 Å². The Bertz CT molecular complexity index is 697. The standard InChI is InChI=1S/C20H23ClN2O2/c21-18-5-1-2-6-19(18)25-15-20(24)22-13-16-7-9-17(10-8-16)14-23-11-3-4-12-23/h1-2,5-10H,3-4,11-15H2,(H,22,24). The van der Waals surface area contributed by atoms with E-state index in [-0.39, 0.29) is 12.5 Å². The second-order valence-corrected chi connectivity index (χ2v) is 6.70. The van der Waals surface area contributed by atoms with E-state index in [1.807, 2.05) is 12.1 Å². The number of hydrogen-bond donors (Lipinski definition) is 1. The molecule has 1 aliphatic heterocycles. The molecule has 4 nitrogen and oxygen atoms in total. The first-order valence-corrected chi connectivity index (χ1v) is 9.03. The van der Waals surface area contributed by atoms with Gasteiger partial charge >= 0.3 is 0 Å². The van der Waals surface area contributed by atoms with Gasteiger partial charge in [0.2, 0.25) is 0 Å². The summed E-state index contributed by atoms with van der Waals surface area (Å²) >= 11 is 6.00. The minimum absolute atomic E-state index is 0.0449. The monoisotopic (exact) mass is 358 g/mol. The number of benzene rings is 2. The maximum absolute atomic E-state index is 11.9. The molecule has 2 aromatic rings. The number of ether oxygens (including phenoxy) is 1. The van der Waals surface area contributed by atoms with Crippen LogP contribution in [-0.4, -0.2) is 30.5 Å². The van der Waals surface area contributed by atoms with Gasteiger partial charge in [-0.3, -0.25) is 9.69 Å². The molecule has 0 atom stereocenters. The first kappa shape index (κ1) is 17.8. The van der Waals surface area contributed by atoms with Crippen LogP contribution in [0.25, 0.3) is 0 Å². The van der Waals surface area contributed by atoms with Gasteiger partial charge in [-0.05, 0) is 49.2 Å². The molecule has 0 aliphatic carbocycles. The van der Waals surface area contributed by atoms with Gasteiger partial charge in [-0.15, -0.1) is 0 Å².